The minimum absolute atomic E-state index is 0.0150. The van der Waals surface area contributed by atoms with Crippen molar-refractivity contribution in [2.24, 2.45) is 4.99 Å². The lowest BCUT2D eigenvalue weighted by Gasteiger charge is -2.16. The molecule has 0 saturated heterocycles. The van der Waals surface area contributed by atoms with Crippen molar-refractivity contribution in [3.05, 3.63) is 101 Å². The fraction of sp³-hybridized carbons (Fsp3) is 0.185. The van der Waals surface area contributed by atoms with Gasteiger partial charge in [0.15, 0.2) is 17.5 Å². The molecule has 4 aromatic rings. The molecule has 0 aliphatic heterocycles. The molecule has 0 atom stereocenters. The molecule has 0 fully saturated rings. The van der Waals surface area contributed by atoms with Gasteiger partial charge in [0.2, 0.25) is 0 Å². The van der Waals surface area contributed by atoms with Gasteiger partial charge in [0.25, 0.3) is 0 Å². The van der Waals surface area contributed by atoms with Gasteiger partial charge in [0.05, 0.1) is 12.3 Å². The van der Waals surface area contributed by atoms with Crippen LogP contribution in [0.1, 0.15) is 29.6 Å². The number of aliphatic imine (C=N–C) groups is 1. The highest BCUT2D eigenvalue weighted by Crippen LogP contribution is 2.26. The molecule has 7 nitrogen and oxygen atoms in total. The number of aryl methyl sites for hydroxylation is 1. The number of halogens is 3. The average molecular weight is 507 g/mol. The van der Waals surface area contributed by atoms with Crippen molar-refractivity contribution in [2.75, 3.05) is 24.3 Å². The zero-order chi connectivity index (χ0) is 26.4. The fourth-order valence-electron chi connectivity index (χ4n) is 3.69. The van der Waals surface area contributed by atoms with Crippen LogP contribution in [0.4, 0.5) is 30.4 Å². The first-order chi connectivity index (χ1) is 17.9. The lowest BCUT2D eigenvalue weighted by molar-refractivity contribution is 0.335. The van der Waals surface area contributed by atoms with Crippen molar-refractivity contribution in [2.45, 2.75) is 20.4 Å². The zero-order valence-corrected chi connectivity index (χ0v) is 20.5. The normalized spacial score (nSPS) is 11.4. The number of benzene rings is 2. The van der Waals surface area contributed by atoms with Crippen molar-refractivity contribution in [1.82, 2.24) is 15.0 Å². The summed E-state index contributed by atoms with van der Waals surface area (Å²) >= 11 is 0. The number of hydrogen-bond donors (Lipinski definition) is 2. The average Bonchev–Trinajstić information content (AvgIpc) is 2.88. The van der Waals surface area contributed by atoms with E-state index >= 15 is 0 Å². The Morgan fingerprint density at radius 1 is 1.00 bits per heavy atom. The third-order valence-electron chi connectivity index (χ3n) is 5.46. The number of pyridine rings is 1. The van der Waals surface area contributed by atoms with E-state index in [0.29, 0.717) is 29.3 Å². The molecule has 10 heteroatoms. The minimum atomic E-state index is -0.720. The number of aromatic nitrogens is 3. The molecule has 2 aromatic carbocycles. The quantitative estimate of drug-likeness (QED) is 0.279. The SMILES string of the molecule is CCOc1cc(F)c(CNc2ccccc2C(=NC)c2nc(C)c(F)c(Nc3ccncc3)n2)c(F)c1. The number of para-hydroxylation sites is 1. The van der Waals surface area contributed by atoms with Crippen molar-refractivity contribution in [3.8, 4) is 5.75 Å². The molecule has 0 unspecified atom stereocenters. The molecule has 4 rings (SSSR count). The number of nitrogens with one attached hydrogen (secondary N) is 2. The van der Waals surface area contributed by atoms with Gasteiger partial charge in [-0.2, -0.15) is 0 Å². The Morgan fingerprint density at radius 2 is 1.70 bits per heavy atom. The third kappa shape index (κ3) is 5.85. The smallest absolute Gasteiger partial charge is 0.187 e. The van der Waals surface area contributed by atoms with E-state index in [4.69, 9.17) is 4.74 Å². The molecule has 0 saturated carbocycles. The fourth-order valence-corrected chi connectivity index (χ4v) is 3.69. The molecule has 0 bridgehead atoms. The molecular formula is C27H25F3N6O. The van der Waals surface area contributed by atoms with Crippen LogP contribution in [0.25, 0.3) is 0 Å². The Balaban J connectivity index is 1.65. The molecule has 2 N–H and O–H groups in total. The Bertz CT molecular complexity index is 1410. The lowest BCUT2D eigenvalue weighted by atomic mass is 10.1. The number of hydrogen-bond acceptors (Lipinski definition) is 7. The summed E-state index contributed by atoms with van der Waals surface area (Å²) < 4.78 is 49.2. The van der Waals surface area contributed by atoms with Gasteiger partial charge >= 0.3 is 0 Å². The monoisotopic (exact) mass is 506 g/mol. The molecule has 0 amide bonds. The van der Waals surface area contributed by atoms with Crippen molar-refractivity contribution in [1.29, 1.82) is 0 Å². The molecule has 2 heterocycles. The van der Waals surface area contributed by atoms with Crippen LogP contribution in [-0.4, -0.2) is 34.3 Å². The van der Waals surface area contributed by atoms with E-state index < -0.39 is 17.5 Å². The lowest BCUT2D eigenvalue weighted by Crippen LogP contribution is -2.15. The van der Waals surface area contributed by atoms with Crippen LogP contribution in [-0.2, 0) is 6.54 Å². The topological polar surface area (TPSA) is 84.3 Å². The summed E-state index contributed by atoms with van der Waals surface area (Å²) in [7, 11) is 1.57. The van der Waals surface area contributed by atoms with Crippen LogP contribution in [0.3, 0.4) is 0 Å². The maximum Gasteiger partial charge on any atom is 0.187 e. The van der Waals surface area contributed by atoms with E-state index in [0.717, 1.165) is 12.1 Å². The Hall–Kier alpha value is -4.47. The highest BCUT2D eigenvalue weighted by atomic mass is 19.1. The molecule has 0 aliphatic carbocycles. The summed E-state index contributed by atoms with van der Waals surface area (Å²) in [5, 5.41) is 6.01. The first-order valence-electron chi connectivity index (χ1n) is 11.5. The standard InChI is InChI=1S/C27H25F3N6O/c1-4-37-18-13-21(28)20(22(29)14-18)15-33-23-8-6-5-7-19(23)25(31-3)27-34-16(2)24(30)26(36-27)35-17-9-11-32-12-10-17/h5-14,33H,4,15H2,1-3H3,(H,32,34,35,36). The van der Waals surface area contributed by atoms with E-state index in [1.807, 2.05) is 0 Å². The van der Waals surface area contributed by atoms with Gasteiger partial charge in [-0.3, -0.25) is 9.98 Å². The molecule has 190 valence electrons. The summed E-state index contributed by atoms with van der Waals surface area (Å²) in [6.07, 6.45) is 3.15. The van der Waals surface area contributed by atoms with Crippen molar-refractivity contribution in [3.63, 3.8) is 0 Å². The predicted molar refractivity (Wildman–Crippen MR) is 137 cm³/mol. The molecule has 0 aliphatic rings. The Labute approximate surface area is 212 Å². The number of nitrogens with zero attached hydrogens (tertiary/aromatic N) is 4. The Morgan fingerprint density at radius 3 is 2.38 bits per heavy atom. The maximum atomic E-state index is 14.8. The van der Waals surface area contributed by atoms with Gasteiger partial charge < -0.3 is 15.4 Å². The van der Waals surface area contributed by atoms with Crippen molar-refractivity contribution >= 4 is 22.9 Å². The number of ether oxygens (including phenoxy) is 1. The molecule has 0 spiro atoms. The van der Waals surface area contributed by atoms with Gasteiger partial charge in [0, 0.05) is 60.6 Å². The van der Waals surface area contributed by atoms with Gasteiger partial charge in [-0.05, 0) is 32.0 Å². The highest BCUT2D eigenvalue weighted by molar-refractivity contribution is 6.14. The Kier molecular flexibility index (Phi) is 7.97. The highest BCUT2D eigenvalue weighted by Gasteiger charge is 2.19. The zero-order valence-electron chi connectivity index (χ0n) is 20.5. The van der Waals surface area contributed by atoms with E-state index in [1.165, 1.54) is 6.92 Å². The predicted octanol–water partition coefficient (Wildman–Crippen LogP) is 5.82. The van der Waals surface area contributed by atoms with Crippen LogP contribution < -0.4 is 15.4 Å². The third-order valence-corrected chi connectivity index (χ3v) is 5.46. The first kappa shape index (κ1) is 25.6. The van der Waals surface area contributed by atoms with Crippen LogP contribution in [0, 0.1) is 24.4 Å². The second kappa shape index (κ2) is 11.5. The summed E-state index contributed by atoms with van der Waals surface area (Å²) in [6.45, 7) is 3.44. The summed E-state index contributed by atoms with van der Waals surface area (Å²) in [5.41, 5.74) is 2.10. The second-order valence-corrected chi connectivity index (χ2v) is 7.93. The van der Waals surface area contributed by atoms with Gasteiger partial charge in [-0.1, -0.05) is 18.2 Å². The van der Waals surface area contributed by atoms with E-state index in [2.05, 4.69) is 30.6 Å². The molecule has 37 heavy (non-hydrogen) atoms. The van der Waals surface area contributed by atoms with Crippen LogP contribution >= 0.6 is 0 Å². The molecular weight excluding hydrogens is 481 g/mol. The largest absolute Gasteiger partial charge is 0.494 e. The van der Waals surface area contributed by atoms with E-state index in [1.54, 1.807) is 62.8 Å². The van der Waals surface area contributed by atoms with Crippen LogP contribution in [0.2, 0.25) is 0 Å². The van der Waals surface area contributed by atoms with E-state index in [-0.39, 0.29) is 35.2 Å². The first-order valence-corrected chi connectivity index (χ1v) is 11.5. The number of rotatable bonds is 9. The second-order valence-electron chi connectivity index (χ2n) is 7.93. The molecule has 0 radical (unpaired) electrons. The van der Waals surface area contributed by atoms with Crippen LogP contribution in [0.5, 0.6) is 5.75 Å². The summed E-state index contributed by atoms with van der Waals surface area (Å²) in [4.78, 5) is 17.0. The van der Waals surface area contributed by atoms with Crippen LogP contribution in [0.15, 0.2) is 65.9 Å². The van der Waals surface area contributed by atoms with Gasteiger partial charge in [0.1, 0.15) is 23.1 Å². The van der Waals surface area contributed by atoms with Gasteiger partial charge in [-0.25, -0.2) is 23.1 Å². The molecule has 2 aromatic heterocycles. The minimum Gasteiger partial charge on any atom is -0.494 e. The summed E-state index contributed by atoms with van der Waals surface area (Å²) in [5.74, 6) is -1.74. The van der Waals surface area contributed by atoms with E-state index in [9.17, 15) is 13.2 Å². The van der Waals surface area contributed by atoms with Crippen molar-refractivity contribution < 1.29 is 17.9 Å². The van der Waals surface area contributed by atoms with Gasteiger partial charge in [-0.15, -0.1) is 0 Å². The number of anilines is 3. The maximum absolute atomic E-state index is 14.8. The summed E-state index contributed by atoms with van der Waals surface area (Å²) in [6, 6.07) is 12.8.